The Balaban J connectivity index is 1.62. The van der Waals surface area contributed by atoms with Crippen molar-refractivity contribution in [1.82, 2.24) is 13.9 Å². The molecule has 3 rings (SSSR count). The van der Waals surface area contributed by atoms with E-state index in [0.29, 0.717) is 29.1 Å². The molecule has 7 heteroatoms. The summed E-state index contributed by atoms with van der Waals surface area (Å²) in [6, 6.07) is 3.68. The van der Waals surface area contributed by atoms with Crippen molar-refractivity contribution < 1.29 is 8.42 Å². The van der Waals surface area contributed by atoms with Gasteiger partial charge in [-0.1, -0.05) is 20.8 Å². The zero-order valence-corrected chi connectivity index (χ0v) is 16.8. The van der Waals surface area contributed by atoms with E-state index in [9.17, 15) is 8.42 Å². The largest absolute Gasteiger partial charge is 0.334 e. The number of hydrogen-bond acceptors (Lipinski definition) is 4. The highest BCUT2D eigenvalue weighted by atomic mass is 32.2. The minimum Gasteiger partial charge on any atom is -0.334 e. The lowest BCUT2D eigenvalue weighted by Crippen LogP contribution is -2.39. The van der Waals surface area contributed by atoms with Crippen molar-refractivity contribution in [2.45, 2.75) is 56.7 Å². The summed E-state index contributed by atoms with van der Waals surface area (Å²) in [7, 11) is -3.33. The Hall–Kier alpha value is -1.18. The number of hydrogen-bond donors (Lipinski definition) is 0. The van der Waals surface area contributed by atoms with Gasteiger partial charge in [-0.2, -0.15) is 4.31 Å². The van der Waals surface area contributed by atoms with Crippen LogP contribution in [-0.2, 0) is 23.0 Å². The van der Waals surface area contributed by atoms with Gasteiger partial charge < -0.3 is 4.57 Å². The SMILES string of the molecule is CCc1ccc(S(=O)(=O)N2CCC(Cn3ccnc3C(C)C)CC2)s1. The fourth-order valence-electron chi connectivity index (χ4n) is 3.40. The van der Waals surface area contributed by atoms with Crippen molar-refractivity contribution in [2.75, 3.05) is 13.1 Å². The van der Waals surface area contributed by atoms with Crippen LogP contribution in [0.5, 0.6) is 0 Å². The lowest BCUT2D eigenvalue weighted by atomic mass is 9.98. The molecule has 0 unspecified atom stereocenters. The molecular weight excluding hydrogens is 354 g/mol. The number of nitrogens with zero attached hydrogens (tertiary/aromatic N) is 3. The van der Waals surface area contributed by atoms with Crippen molar-refractivity contribution in [3.8, 4) is 0 Å². The molecule has 0 N–H and O–H groups in total. The Labute approximate surface area is 154 Å². The molecule has 0 atom stereocenters. The van der Waals surface area contributed by atoms with Crippen LogP contribution in [0.2, 0.25) is 0 Å². The standard InChI is InChI=1S/C18H27N3O2S2/c1-4-16-5-6-17(24-16)25(22,23)21-10-7-15(8-11-21)13-20-12-9-19-18(20)14(2)3/h5-6,9,12,14-15H,4,7-8,10-11,13H2,1-3H3. The molecule has 1 aliphatic rings. The highest BCUT2D eigenvalue weighted by Crippen LogP contribution is 2.29. The van der Waals surface area contributed by atoms with Gasteiger partial charge in [0.05, 0.1) is 0 Å². The molecular formula is C18H27N3O2S2. The molecule has 2 aromatic heterocycles. The molecule has 1 saturated heterocycles. The average molecular weight is 382 g/mol. The predicted molar refractivity (Wildman–Crippen MR) is 101 cm³/mol. The van der Waals surface area contributed by atoms with Crippen LogP contribution in [0, 0.1) is 5.92 Å². The van der Waals surface area contributed by atoms with Crippen molar-refractivity contribution in [2.24, 2.45) is 5.92 Å². The van der Waals surface area contributed by atoms with E-state index >= 15 is 0 Å². The average Bonchev–Trinajstić information content (AvgIpc) is 3.24. The fraction of sp³-hybridized carbons (Fsp3) is 0.611. The van der Waals surface area contributed by atoms with Gasteiger partial charge in [-0.15, -0.1) is 11.3 Å². The van der Waals surface area contributed by atoms with Crippen molar-refractivity contribution in [1.29, 1.82) is 0 Å². The van der Waals surface area contributed by atoms with Crippen LogP contribution in [0.1, 0.15) is 50.2 Å². The van der Waals surface area contributed by atoms with E-state index in [1.165, 1.54) is 11.3 Å². The number of thiophene rings is 1. The molecule has 1 fully saturated rings. The highest BCUT2D eigenvalue weighted by Gasteiger charge is 2.30. The van der Waals surface area contributed by atoms with E-state index in [0.717, 1.165) is 36.5 Å². The predicted octanol–water partition coefficient (Wildman–Crippen LogP) is 3.73. The maximum absolute atomic E-state index is 12.8. The zero-order valence-electron chi connectivity index (χ0n) is 15.2. The van der Waals surface area contributed by atoms with Crippen LogP contribution in [-0.4, -0.2) is 35.4 Å². The molecule has 25 heavy (non-hydrogen) atoms. The Kier molecular flexibility index (Phi) is 5.65. The Morgan fingerprint density at radius 3 is 2.60 bits per heavy atom. The Bertz CT molecular complexity index is 800. The Morgan fingerprint density at radius 1 is 1.28 bits per heavy atom. The monoisotopic (exact) mass is 381 g/mol. The smallest absolute Gasteiger partial charge is 0.252 e. The summed E-state index contributed by atoms with van der Waals surface area (Å²) in [5, 5.41) is 0. The number of aryl methyl sites for hydroxylation is 1. The van der Waals surface area contributed by atoms with Gasteiger partial charge in [0.25, 0.3) is 10.0 Å². The van der Waals surface area contributed by atoms with Gasteiger partial charge >= 0.3 is 0 Å². The second kappa shape index (κ2) is 7.60. The topological polar surface area (TPSA) is 55.2 Å². The van der Waals surface area contributed by atoms with Crippen molar-refractivity contribution in [3.63, 3.8) is 0 Å². The van der Waals surface area contributed by atoms with Gasteiger partial charge in [0.2, 0.25) is 0 Å². The molecule has 0 bridgehead atoms. The van der Waals surface area contributed by atoms with Gasteiger partial charge in [-0.05, 0) is 37.3 Å². The van der Waals surface area contributed by atoms with Gasteiger partial charge in [-0.3, -0.25) is 0 Å². The van der Waals surface area contributed by atoms with E-state index in [4.69, 9.17) is 0 Å². The van der Waals surface area contributed by atoms with Crippen LogP contribution in [0.15, 0.2) is 28.7 Å². The van der Waals surface area contributed by atoms with E-state index < -0.39 is 10.0 Å². The number of sulfonamides is 1. The first-order chi connectivity index (χ1) is 11.9. The molecule has 2 aromatic rings. The second-order valence-electron chi connectivity index (χ2n) is 7.01. The molecule has 0 aliphatic carbocycles. The minimum atomic E-state index is -3.33. The summed E-state index contributed by atoms with van der Waals surface area (Å²) in [6.07, 6.45) is 6.58. The second-order valence-corrected chi connectivity index (χ2v) is 10.3. The van der Waals surface area contributed by atoms with Crippen molar-refractivity contribution >= 4 is 21.4 Å². The number of aromatic nitrogens is 2. The zero-order chi connectivity index (χ0) is 18.0. The third kappa shape index (κ3) is 3.99. The summed E-state index contributed by atoms with van der Waals surface area (Å²) in [6.45, 7) is 8.50. The van der Waals surface area contributed by atoms with E-state index in [1.54, 1.807) is 10.4 Å². The number of imidazole rings is 1. The van der Waals surface area contributed by atoms with E-state index in [2.05, 4.69) is 30.3 Å². The van der Waals surface area contributed by atoms with Gasteiger partial charge in [0, 0.05) is 42.8 Å². The van der Waals surface area contributed by atoms with E-state index in [-0.39, 0.29) is 0 Å². The lowest BCUT2D eigenvalue weighted by molar-refractivity contribution is 0.251. The number of piperidine rings is 1. The normalized spacial score (nSPS) is 17.4. The lowest BCUT2D eigenvalue weighted by Gasteiger charge is -2.31. The molecule has 3 heterocycles. The van der Waals surface area contributed by atoms with Crippen LogP contribution in [0.3, 0.4) is 0 Å². The van der Waals surface area contributed by atoms with Crippen LogP contribution in [0.4, 0.5) is 0 Å². The van der Waals surface area contributed by atoms with Gasteiger partial charge in [0.15, 0.2) is 0 Å². The molecule has 138 valence electrons. The molecule has 0 amide bonds. The molecule has 0 radical (unpaired) electrons. The van der Waals surface area contributed by atoms with Crippen LogP contribution < -0.4 is 0 Å². The van der Waals surface area contributed by atoms with Crippen LogP contribution in [0.25, 0.3) is 0 Å². The molecule has 0 spiro atoms. The Morgan fingerprint density at radius 2 is 2.00 bits per heavy atom. The molecule has 1 aliphatic heterocycles. The first-order valence-corrected chi connectivity index (χ1v) is 11.3. The first-order valence-electron chi connectivity index (χ1n) is 9.01. The summed E-state index contributed by atoms with van der Waals surface area (Å²) in [5.41, 5.74) is 0. The number of rotatable bonds is 6. The fourth-order valence-corrected chi connectivity index (χ4v) is 6.32. The third-order valence-corrected chi connectivity index (χ3v) is 8.47. The van der Waals surface area contributed by atoms with Crippen LogP contribution >= 0.6 is 11.3 Å². The third-order valence-electron chi connectivity index (χ3n) is 4.87. The summed E-state index contributed by atoms with van der Waals surface area (Å²) < 4.78 is 30.0. The summed E-state index contributed by atoms with van der Waals surface area (Å²) >= 11 is 1.40. The molecule has 5 nitrogen and oxygen atoms in total. The first kappa shape index (κ1) is 18.6. The molecule has 0 aromatic carbocycles. The maximum Gasteiger partial charge on any atom is 0.252 e. The van der Waals surface area contributed by atoms with Crippen molar-refractivity contribution in [3.05, 3.63) is 35.2 Å². The quantitative estimate of drug-likeness (QED) is 0.766. The van der Waals surface area contributed by atoms with E-state index in [1.807, 2.05) is 18.5 Å². The van der Waals surface area contributed by atoms with Gasteiger partial charge in [0.1, 0.15) is 10.0 Å². The maximum atomic E-state index is 12.8. The molecule has 0 saturated carbocycles. The summed E-state index contributed by atoms with van der Waals surface area (Å²) in [5.74, 6) is 2.02. The summed E-state index contributed by atoms with van der Waals surface area (Å²) in [4.78, 5) is 5.56. The van der Waals surface area contributed by atoms with Gasteiger partial charge in [-0.25, -0.2) is 13.4 Å². The highest BCUT2D eigenvalue weighted by molar-refractivity contribution is 7.91. The minimum absolute atomic E-state index is 0.405.